The first-order valence-electron chi connectivity index (χ1n) is 11.4. The molecule has 1 atom stereocenters. The van der Waals surface area contributed by atoms with Gasteiger partial charge in [-0.25, -0.2) is 4.39 Å². The molecule has 0 saturated carbocycles. The molecule has 0 saturated heterocycles. The second-order valence-electron chi connectivity index (χ2n) is 8.23. The van der Waals surface area contributed by atoms with E-state index in [1.165, 1.54) is 12.1 Å². The summed E-state index contributed by atoms with van der Waals surface area (Å²) in [5.41, 5.74) is 4.21. The molecule has 4 aromatic rings. The van der Waals surface area contributed by atoms with Crippen LogP contribution >= 0.6 is 11.6 Å². The molecular formula is C28H28ClFN2O. The predicted octanol–water partition coefficient (Wildman–Crippen LogP) is 6.87. The summed E-state index contributed by atoms with van der Waals surface area (Å²) in [5.74, 6) is -0.246. The monoisotopic (exact) mass is 462 g/mol. The molecule has 0 radical (unpaired) electrons. The van der Waals surface area contributed by atoms with Crippen molar-refractivity contribution in [3.05, 3.63) is 107 Å². The number of para-hydroxylation sites is 1. The molecule has 0 spiro atoms. The summed E-state index contributed by atoms with van der Waals surface area (Å²) in [5, 5.41) is 1.76. The van der Waals surface area contributed by atoms with Crippen molar-refractivity contribution in [1.82, 2.24) is 9.47 Å². The molecular weight excluding hydrogens is 435 g/mol. The maximum absolute atomic E-state index is 13.4. The predicted molar refractivity (Wildman–Crippen MR) is 133 cm³/mol. The number of hydrogen-bond donors (Lipinski definition) is 0. The van der Waals surface area contributed by atoms with E-state index in [4.69, 9.17) is 11.6 Å². The lowest BCUT2D eigenvalue weighted by Gasteiger charge is -2.23. The van der Waals surface area contributed by atoms with Crippen molar-refractivity contribution in [2.24, 2.45) is 0 Å². The number of nitrogens with zero attached hydrogens (tertiary/aromatic N) is 2. The van der Waals surface area contributed by atoms with Gasteiger partial charge in [0.25, 0.3) is 0 Å². The standard InChI is InChI=1S/C28H28ClFN2O/c1-3-31(4-2)28(33)17-25(21-8-7-9-22(29)16-21)26-19-32(27-11-6-5-10-24(26)27)18-20-12-14-23(30)15-13-20/h5-16,19,25H,3-4,17-18H2,1-2H3/t25-/m1/s1. The highest BCUT2D eigenvalue weighted by molar-refractivity contribution is 6.30. The largest absolute Gasteiger partial charge is 0.343 e. The number of carbonyl (C=O) groups excluding carboxylic acids is 1. The number of hydrogen-bond acceptors (Lipinski definition) is 1. The lowest BCUT2D eigenvalue weighted by atomic mass is 9.88. The Bertz CT molecular complexity index is 1240. The third-order valence-electron chi connectivity index (χ3n) is 6.21. The minimum absolute atomic E-state index is 0.125. The summed E-state index contributed by atoms with van der Waals surface area (Å²) in [7, 11) is 0. The van der Waals surface area contributed by atoms with Gasteiger partial charge in [-0.1, -0.05) is 54.1 Å². The van der Waals surface area contributed by atoms with Crippen molar-refractivity contribution in [1.29, 1.82) is 0 Å². The minimum Gasteiger partial charge on any atom is -0.343 e. The van der Waals surface area contributed by atoms with Crippen LogP contribution in [0, 0.1) is 5.82 Å². The molecule has 5 heteroatoms. The van der Waals surface area contributed by atoms with E-state index in [0.717, 1.165) is 27.6 Å². The molecule has 170 valence electrons. The first kappa shape index (κ1) is 23.1. The number of amides is 1. The third-order valence-corrected chi connectivity index (χ3v) is 6.44. The SMILES string of the molecule is CCN(CC)C(=O)C[C@H](c1cccc(Cl)c1)c1cn(Cc2ccc(F)cc2)c2ccccc12. The molecule has 0 bridgehead atoms. The molecule has 3 aromatic carbocycles. The zero-order valence-corrected chi connectivity index (χ0v) is 19.7. The van der Waals surface area contributed by atoms with Gasteiger partial charge in [0.05, 0.1) is 0 Å². The second kappa shape index (κ2) is 10.2. The smallest absolute Gasteiger partial charge is 0.223 e. The van der Waals surface area contributed by atoms with E-state index in [-0.39, 0.29) is 17.6 Å². The topological polar surface area (TPSA) is 25.2 Å². The zero-order chi connectivity index (χ0) is 23.4. The Morgan fingerprint density at radius 2 is 1.73 bits per heavy atom. The summed E-state index contributed by atoms with van der Waals surface area (Å²) in [6.45, 7) is 6.00. The van der Waals surface area contributed by atoms with Crippen LogP contribution in [0.1, 0.15) is 42.9 Å². The molecule has 0 aliphatic heterocycles. The van der Waals surface area contributed by atoms with Crippen LogP contribution in [0.25, 0.3) is 10.9 Å². The summed E-state index contributed by atoms with van der Waals surface area (Å²) in [6, 6.07) is 22.6. The van der Waals surface area contributed by atoms with Crippen molar-refractivity contribution in [3.63, 3.8) is 0 Å². The van der Waals surface area contributed by atoms with E-state index in [1.54, 1.807) is 0 Å². The Balaban J connectivity index is 1.80. The summed E-state index contributed by atoms with van der Waals surface area (Å²) in [6.07, 6.45) is 2.50. The average molecular weight is 463 g/mol. The highest BCUT2D eigenvalue weighted by Crippen LogP contribution is 2.36. The van der Waals surface area contributed by atoms with Crippen molar-refractivity contribution in [2.45, 2.75) is 32.7 Å². The van der Waals surface area contributed by atoms with Gasteiger partial charge >= 0.3 is 0 Å². The summed E-state index contributed by atoms with van der Waals surface area (Å²) >= 11 is 6.34. The van der Waals surface area contributed by atoms with Crippen LogP contribution in [0.2, 0.25) is 5.02 Å². The molecule has 0 fully saturated rings. The van der Waals surface area contributed by atoms with Crippen molar-refractivity contribution in [2.75, 3.05) is 13.1 Å². The molecule has 3 nitrogen and oxygen atoms in total. The van der Waals surface area contributed by atoms with Crippen molar-refractivity contribution < 1.29 is 9.18 Å². The van der Waals surface area contributed by atoms with Crippen LogP contribution in [0.5, 0.6) is 0 Å². The highest BCUT2D eigenvalue weighted by atomic mass is 35.5. The van der Waals surface area contributed by atoms with E-state index in [1.807, 2.05) is 67.3 Å². The van der Waals surface area contributed by atoms with Crippen LogP contribution in [0.3, 0.4) is 0 Å². The van der Waals surface area contributed by atoms with Crippen LogP contribution in [0.15, 0.2) is 79.0 Å². The number of aromatic nitrogens is 1. The van der Waals surface area contributed by atoms with Gasteiger partial charge in [-0.15, -0.1) is 0 Å². The number of fused-ring (bicyclic) bond motifs is 1. The Labute approximate surface area is 199 Å². The van der Waals surface area contributed by atoms with Crippen LogP contribution < -0.4 is 0 Å². The molecule has 4 rings (SSSR count). The van der Waals surface area contributed by atoms with Crippen LogP contribution in [0.4, 0.5) is 4.39 Å². The second-order valence-corrected chi connectivity index (χ2v) is 8.67. The fraction of sp³-hybridized carbons (Fsp3) is 0.250. The molecule has 1 heterocycles. The van der Waals surface area contributed by atoms with E-state index in [2.05, 4.69) is 22.9 Å². The third kappa shape index (κ3) is 5.12. The number of carbonyl (C=O) groups is 1. The highest BCUT2D eigenvalue weighted by Gasteiger charge is 2.24. The van der Waals surface area contributed by atoms with Gasteiger partial charge in [0, 0.05) is 54.1 Å². The molecule has 1 aromatic heterocycles. The normalized spacial score (nSPS) is 12.1. The van der Waals surface area contributed by atoms with Gasteiger partial charge in [0.15, 0.2) is 0 Å². The van der Waals surface area contributed by atoms with Gasteiger partial charge in [-0.05, 0) is 60.9 Å². The molecule has 33 heavy (non-hydrogen) atoms. The van der Waals surface area contributed by atoms with Gasteiger partial charge in [0.2, 0.25) is 5.91 Å². The average Bonchev–Trinajstić information content (AvgIpc) is 3.18. The van der Waals surface area contributed by atoms with E-state index >= 15 is 0 Å². The maximum atomic E-state index is 13.4. The van der Waals surface area contributed by atoms with Crippen LogP contribution in [-0.4, -0.2) is 28.5 Å². The minimum atomic E-state index is -0.243. The molecule has 0 unspecified atom stereocenters. The zero-order valence-electron chi connectivity index (χ0n) is 19.0. The fourth-order valence-electron chi connectivity index (χ4n) is 4.48. The van der Waals surface area contributed by atoms with Crippen molar-refractivity contribution >= 4 is 28.4 Å². The quantitative estimate of drug-likeness (QED) is 0.280. The number of rotatable bonds is 8. The Kier molecular flexibility index (Phi) is 7.14. The Morgan fingerprint density at radius 3 is 2.42 bits per heavy atom. The Morgan fingerprint density at radius 1 is 1.00 bits per heavy atom. The van der Waals surface area contributed by atoms with E-state index in [9.17, 15) is 9.18 Å². The van der Waals surface area contributed by atoms with Crippen LogP contribution in [-0.2, 0) is 11.3 Å². The molecule has 0 N–H and O–H groups in total. The Hall–Kier alpha value is -3.11. The maximum Gasteiger partial charge on any atom is 0.223 e. The van der Waals surface area contributed by atoms with Crippen molar-refractivity contribution in [3.8, 4) is 0 Å². The summed E-state index contributed by atoms with van der Waals surface area (Å²) in [4.78, 5) is 15.0. The molecule has 1 amide bonds. The van der Waals surface area contributed by atoms with Gasteiger partial charge in [-0.2, -0.15) is 0 Å². The first-order chi connectivity index (χ1) is 16.0. The number of halogens is 2. The van der Waals surface area contributed by atoms with E-state index in [0.29, 0.717) is 31.1 Å². The first-order valence-corrected chi connectivity index (χ1v) is 11.7. The summed E-state index contributed by atoms with van der Waals surface area (Å²) < 4.78 is 15.6. The lowest BCUT2D eigenvalue weighted by molar-refractivity contribution is -0.131. The van der Waals surface area contributed by atoms with Gasteiger partial charge < -0.3 is 9.47 Å². The van der Waals surface area contributed by atoms with E-state index < -0.39 is 0 Å². The fourth-order valence-corrected chi connectivity index (χ4v) is 4.68. The van der Waals surface area contributed by atoms with Gasteiger partial charge in [0.1, 0.15) is 5.82 Å². The van der Waals surface area contributed by atoms with Gasteiger partial charge in [-0.3, -0.25) is 4.79 Å². The number of benzene rings is 3. The molecule has 0 aliphatic carbocycles. The lowest BCUT2D eigenvalue weighted by Crippen LogP contribution is -2.31. The molecule has 0 aliphatic rings.